The van der Waals surface area contributed by atoms with Gasteiger partial charge in [-0.1, -0.05) is 0 Å². The van der Waals surface area contributed by atoms with Crippen molar-refractivity contribution in [3.05, 3.63) is 18.2 Å². The van der Waals surface area contributed by atoms with Crippen molar-refractivity contribution in [1.82, 2.24) is 19.8 Å². The number of hydrogen-bond acceptors (Lipinski definition) is 3. The van der Waals surface area contributed by atoms with Crippen molar-refractivity contribution < 1.29 is 4.79 Å². The van der Waals surface area contributed by atoms with E-state index in [1.165, 1.54) is 0 Å². The zero-order valence-electron chi connectivity index (χ0n) is 11.3. The predicted octanol–water partition coefficient (Wildman–Crippen LogP) is 1.03. The minimum Gasteiger partial charge on any atom is -0.347 e. The van der Waals surface area contributed by atoms with E-state index in [0.717, 1.165) is 5.69 Å². The summed E-state index contributed by atoms with van der Waals surface area (Å²) in [5.74, 6) is 0.0839. The van der Waals surface area contributed by atoms with Crippen LogP contribution in [-0.4, -0.2) is 40.5 Å². The zero-order chi connectivity index (χ0) is 13.0. The molecule has 17 heavy (non-hydrogen) atoms. The van der Waals surface area contributed by atoms with E-state index in [2.05, 4.69) is 28.7 Å². The van der Waals surface area contributed by atoms with Crippen LogP contribution in [0.25, 0.3) is 0 Å². The predicted molar refractivity (Wildman–Crippen MR) is 67.6 cm³/mol. The summed E-state index contributed by atoms with van der Waals surface area (Å²) in [6, 6.07) is 0.203. The van der Waals surface area contributed by atoms with Crippen LogP contribution in [0, 0.1) is 0 Å². The Morgan fingerprint density at radius 2 is 2.12 bits per heavy atom. The van der Waals surface area contributed by atoms with Gasteiger partial charge in [0.25, 0.3) is 0 Å². The number of nitrogens with zero attached hydrogens (tertiary/aromatic N) is 3. The fourth-order valence-electron chi connectivity index (χ4n) is 1.67. The van der Waals surface area contributed by atoms with Gasteiger partial charge in [0.15, 0.2) is 0 Å². The van der Waals surface area contributed by atoms with E-state index >= 15 is 0 Å². The van der Waals surface area contributed by atoms with Crippen molar-refractivity contribution in [2.75, 3.05) is 14.1 Å². The normalized spacial score (nSPS) is 12.8. The molecule has 1 rings (SSSR count). The topological polar surface area (TPSA) is 50.2 Å². The molecule has 5 nitrogen and oxygen atoms in total. The number of hydrogen-bond donors (Lipinski definition) is 1. The standard InChI is InChI=1S/C12H22N4O/c1-9(2)16-8-13-6-11(16)7-14-10(3)12(17)15(4)5/h6,8-10,14H,7H2,1-5H3. The summed E-state index contributed by atoms with van der Waals surface area (Å²) >= 11 is 0. The van der Waals surface area contributed by atoms with Crippen molar-refractivity contribution in [3.8, 4) is 0 Å². The fourth-order valence-corrected chi connectivity index (χ4v) is 1.67. The number of nitrogens with one attached hydrogen (secondary N) is 1. The van der Waals surface area contributed by atoms with Gasteiger partial charge in [-0.05, 0) is 20.8 Å². The molecule has 1 atom stereocenters. The van der Waals surface area contributed by atoms with Gasteiger partial charge in [-0.15, -0.1) is 0 Å². The highest BCUT2D eigenvalue weighted by atomic mass is 16.2. The minimum atomic E-state index is -0.180. The van der Waals surface area contributed by atoms with Gasteiger partial charge in [-0.3, -0.25) is 4.79 Å². The highest BCUT2D eigenvalue weighted by Gasteiger charge is 2.14. The summed E-state index contributed by atoms with van der Waals surface area (Å²) in [7, 11) is 3.53. The molecule has 0 bridgehead atoms. The lowest BCUT2D eigenvalue weighted by molar-refractivity contribution is -0.130. The second-order valence-electron chi connectivity index (χ2n) is 4.72. The number of likely N-dealkylation sites (N-methyl/N-ethyl adjacent to an activating group) is 1. The van der Waals surface area contributed by atoms with Crippen LogP contribution < -0.4 is 5.32 Å². The van der Waals surface area contributed by atoms with Gasteiger partial charge in [-0.2, -0.15) is 0 Å². The molecule has 0 fully saturated rings. The van der Waals surface area contributed by atoms with E-state index in [9.17, 15) is 4.79 Å². The fraction of sp³-hybridized carbons (Fsp3) is 0.667. The Labute approximate surface area is 103 Å². The highest BCUT2D eigenvalue weighted by Crippen LogP contribution is 2.08. The summed E-state index contributed by atoms with van der Waals surface area (Å²) in [5, 5.41) is 3.21. The van der Waals surface area contributed by atoms with Crippen LogP contribution in [0.1, 0.15) is 32.5 Å². The first-order chi connectivity index (χ1) is 7.93. The Balaban J connectivity index is 2.56. The lowest BCUT2D eigenvalue weighted by Gasteiger charge is -2.19. The Morgan fingerprint density at radius 3 is 2.65 bits per heavy atom. The molecule has 0 radical (unpaired) electrons. The van der Waals surface area contributed by atoms with Crippen molar-refractivity contribution in [1.29, 1.82) is 0 Å². The third-order valence-corrected chi connectivity index (χ3v) is 2.70. The van der Waals surface area contributed by atoms with Crippen LogP contribution in [0.5, 0.6) is 0 Å². The van der Waals surface area contributed by atoms with Gasteiger partial charge in [-0.25, -0.2) is 4.98 Å². The quantitative estimate of drug-likeness (QED) is 0.833. The SMILES string of the molecule is CC(NCc1cncn1C(C)C)C(=O)N(C)C. The Bertz CT molecular complexity index is 370. The molecule has 0 aliphatic rings. The van der Waals surface area contributed by atoms with Gasteiger partial charge >= 0.3 is 0 Å². The summed E-state index contributed by atoms with van der Waals surface area (Å²) in [6.45, 7) is 6.75. The summed E-state index contributed by atoms with van der Waals surface area (Å²) < 4.78 is 2.10. The number of amides is 1. The molecular formula is C12H22N4O. The Hall–Kier alpha value is -1.36. The molecule has 1 heterocycles. The first-order valence-electron chi connectivity index (χ1n) is 5.88. The van der Waals surface area contributed by atoms with Crippen LogP contribution >= 0.6 is 0 Å². The first-order valence-corrected chi connectivity index (χ1v) is 5.88. The number of carbonyl (C=O) groups excluding carboxylic acids is 1. The average Bonchev–Trinajstić information content (AvgIpc) is 2.72. The molecule has 0 aromatic carbocycles. The second kappa shape index (κ2) is 5.82. The van der Waals surface area contributed by atoms with Gasteiger partial charge in [0.2, 0.25) is 5.91 Å². The van der Waals surface area contributed by atoms with E-state index in [4.69, 9.17) is 0 Å². The molecule has 0 spiro atoms. The lowest BCUT2D eigenvalue weighted by atomic mass is 10.3. The molecule has 5 heteroatoms. The van der Waals surface area contributed by atoms with Gasteiger partial charge in [0.05, 0.1) is 18.1 Å². The van der Waals surface area contributed by atoms with E-state index in [0.29, 0.717) is 12.6 Å². The molecule has 0 aliphatic carbocycles. The maximum atomic E-state index is 11.7. The molecule has 1 unspecified atom stereocenters. The van der Waals surface area contributed by atoms with E-state index in [1.807, 2.05) is 19.4 Å². The molecule has 0 aliphatic heterocycles. The number of aromatic nitrogens is 2. The Morgan fingerprint density at radius 1 is 1.47 bits per heavy atom. The molecule has 96 valence electrons. The number of carbonyl (C=O) groups is 1. The minimum absolute atomic E-state index is 0.0839. The maximum Gasteiger partial charge on any atom is 0.238 e. The maximum absolute atomic E-state index is 11.7. The van der Waals surface area contributed by atoms with E-state index in [-0.39, 0.29) is 11.9 Å². The molecular weight excluding hydrogens is 216 g/mol. The zero-order valence-corrected chi connectivity index (χ0v) is 11.3. The van der Waals surface area contributed by atoms with Crippen molar-refractivity contribution in [3.63, 3.8) is 0 Å². The van der Waals surface area contributed by atoms with E-state index < -0.39 is 0 Å². The van der Waals surface area contributed by atoms with Gasteiger partial charge in [0.1, 0.15) is 0 Å². The van der Waals surface area contributed by atoms with Crippen LogP contribution in [0.3, 0.4) is 0 Å². The summed E-state index contributed by atoms with van der Waals surface area (Å²) in [5.41, 5.74) is 1.10. The lowest BCUT2D eigenvalue weighted by Crippen LogP contribution is -2.41. The monoisotopic (exact) mass is 238 g/mol. The highest BCUT2D eigenvalue weighted by molar-refractivity contribution is 5.80. The largest absolute Gasteiger partial charge is 0.347 e. The molecule has 0 saturated carbocycles. The molecule has 1 amide bonds. The molecule has 0 saturated heterocycles. The Kier molecular flexibility index (Phi) is 4.69. The van der Waals surface area contributed by atoms with Crippen LogP contribution in [0.2, 0.25) is 0 Å². The summed E-state index contributed by atoms with van der Waals surface area (Å²) in [6.07, 6.45) is 3.65. The average molecular weight is 238 g/mol. The molecule has 1 aromatic heterocycles. The van der Waals surface area contributed by atoms with Crippen LogP contribution in [0.15, 0.2) is 12.5 Å². The third-order valence-electron chi connectivity index (χ3n) is 2.70. The second-order valence-corrected chi connectivity index (χ2v) is 4.72. The van der Waals surface area contributed by atoms with Crippen molar-refractivity contribution in [2.24, 2.45) is 0 Å². The molecule has 1 N–H and O–H groups in total. The number of rotatable bonds is 5. The summed E-state index contributed by atoms with van der Waals surface area (Å²) in [4.78, 5) is 17.4. The van der Waals surface area contributed by atoms with Crippen molar-refractivity contribution >= 4 is 5.91 Å². The van der Waals surface area contributed by atoms with E-state index in [1.54, 1.807) is 19.0 Å². The number of imidazole rings is 1. The van der Waals surface area contributed by atoms with Crippen LogP contribution in [-0.2, 0) is 11.3 Å². The molecule has 1 aromatic rings. The van der Waals surface area contributed by atoms with Crippen LogP contribution in [0.4, 0.5) is 0 Å². The first kappa shape index (κ1) is 13.7. The van der Waals surface area contributed by atoms with Gasteiger partial charge < -0.3 is 14.8 Å². The third kappa shape index (κ3) is 3.56. The smallest absolute Gasteiger partial charge is 0.238 e. The van der Waals surface area contributed by atoms with Gasteiger partial charge in [0, 0.05) is 32.9 Å². The van der Waals surface area contributed by atoms with Crippen molar-refractivity contribution in [2.45, 2.75) is 39.4 Å².